The van der Waals surface area contributed by atoms with Gasteiger partial charge in [0.25, 0.3) is 0 Å². The number of rotatable bonds is 4. The van der Waals surface area contributed by atoms with Gasteiger partial charge in [-0.3, -0.25) is 9.69 Å². The topological polar surface area (TPSA) is 49.9 Å². The normalized spacial score (nSPS) is 24.7. The summed E-state index contributed by atoms with van der Waals surface area (Å²) in [6.45, 7) is 1.87. The van der Waals surface area contributed by atoms with Gasteiger partial charge in [-0.1, -0.05) is 55.3 Å². The minimum absolute atomic E-state index is 0.168. The van der Waals surface area contributed by atoms with Gasteiger partial charge in [0, 0.05) is 19.5 Å². The molecule has 0 N–H and O–H groups in total. The molecule has 2 aliphatic heterocycles. The van der Waals surface area contributed by atoms with Crippen LogP contribution in [0.2, 0.25) is 0 Å². The van der Waals surface area contributed by atoms with Crippen molar-refractivity contribution < 1.29 is 18.7 Å². The molecule has 1 spiro atoms. The van der Waals surface area contributed by atoms with E-state index in [1.165, 1.54) is 12.1 Å². The molecule has 2 saturated heterocycles. The van der Waals surface area contributed by atoms with Gasteiger partial charge in [-0.15, -0.1) is 0 Å². The molecule has 2 heterocycles. The van der Waals surface area contributed by atoms with E-state index in [9.17, 15) is 14.0 Å². The first-order valence-electron chi connectivity index (χ1n) is 11.1. The standard InChI is InChI=1S/C25H27FN2O3/c26-21-10-8-19(9-11-21)16-28-18-24(31-23(28)30)14-15-27(17-24)22(29)25(12-4-5-13-25)20-6-2-1-3-7-20/h1-3,6-11H,4-5,12-18H2/t24-/m1/s1. The van der Waals surface area contributed by atoms with Crippen molar-refractivity contribution in [2.75, 3.05) is 19.6 Å². The zero-order valence-corrected chi connectivity index (χ0v) is 17.6. The summed E-state index contributed by atoms with van der Waals surface area (Å²) >= 11 is 0. The molecule has 0 aromatic heterocycles. The second-order valence-corrected chi connectivity index (χ2v) is 9.17. The van der Waals surface area contributed by atoms with Crippen molar-refractivity contribution in [3.8, 4) is 0 Å². The third-order valence-electron chi connectivity index (χ3n) is 7.12. The van der Waals surface area contributed by atoms with Crippen LogP contribution in [-0.4, -0.2) is 47.0 Å². The molecule has 0 radical (unpaired) electrons. The van der Waals surface area contributed by atoms with Crippen LogP contribution in [0.5, 0.6) is 0 Å². The predicted molar refractivity (Wildman–Crippen MR) is 114 cm³/mol. The maximum absolute atomic E-state index is 13.7. The highest BCUT2D eigenvalue weighted by Crippen LogP contribution is 2.44. The fourth-order valence-electron chi connectivity index (χ4n) is 5.52. The van der Waals surface area contributed by atoms with E-state index in [-0.39, 0.29) is 17.8 Å². The van der Waals surface area contributed by atoms with E-state index < -0.39 is 11.0 Å². The summed E-state index contributed by atoms with van der Waals surface area (Å²) < 4.78 is 19.0. The number of benzene rings is 2. The van der Waals surface area contributed by atoms with Gasteiger partial charge < -0.3 is 9.64 Å². The lowest BCUT2D eigenvalue weighted by Crippen LogP contribution is -2.47. The highest BCUT2D eigenvalue weighted by Gasteiger charge is 2.53. The number of carbonyl (C=O) groups is 2. The van der Waals surface area contributed by atoms with Crippen LogP contribution in [0.15, 0.2) is 54.6 Å². The molecule has 3 aliphatic rings. The molecule has 0 bridgehead atoms. The van der Waals surface area contributed by atoms with E-state index in [4.69, 9.17) is 4.74 Å². The summed E-state index contributed by atoms with van der Waals surface area (Å²) in [7, 11) is 0. The van der Waals surface area contributed by atoms with Gasteiger partial charge >= 0.3 is 6.09 Å². The Morgan fingerprint density at radius 3 is 2.39 bits per heavy atom. The average Bonchev–Trinajstić information content (AvgIpc) is 3.50. The third kappa shape index (κ3) is 3.58. The predicted octanol–water partition coefficient (Wildman–Crippen LogP) is 4.26. The van der Waals surface area contributed by atoms with Crippen LogP contribution in [0.25, 0.3) is 0 Å². The summed E-state index contributed by atoms with van der Waals surface area (Å²) in [5.41, 5.74) is 0.849. The molecule has 5 rings (SSSR count). The number of amides is 2. The van der Waals surface area contributed by atoms with Crippen LogP contribution in [0.1, 0.15) is 43.2 Å². The van der Waals surface area contributed by atoms with Crippen LogP contribution in [-0.2, 0) is 21.5 Å². The Hall–Kier alpha value is -2.89. The fourth-order valence-corrected chi connectivity index (χ4v) is 5.52. The average molecular weight is 423 g/mol. The van der Waals surface area contributed by atoms with E-state index in [0.717, 1.165) is 36.8 Å². The Morgan fingerprint density at radius 2 is 1.68 bits per heavy atom. The van der Waals surface area contributed by atoms with Gasteiger partial charge in [-0.2, -0.15) is 0 Å². The molecule has 1 saturated carbocycles. The Kier molecular flexibility index (Phi) is 4.95. The Bertz CT molecular complexity index is 972. The Morgan fingerprint density at radius 1 is 0.968 bits per heavy atom. The molecule has 1 atom stereocenters. The van der Waals surface area contributed by atoms with Gasteiger partial charge in [-0.25, -0.2) is 9.18 Å². The number of halogens is 1. The lowest BCUT2D eigenvalue weighted by molar-refractivity contribution is -0.137. The molecule has 6 heteroatoms. The number of hydrogen-bond donors (Lipinski definition) is 0. The lowest BCUT2D eigenvalue weighted by Gasteiger charge is -2.33. The molecule has 2 aromatic carbocycles. The molecule has 0 unspecified atom stereocenters. The van der Waals surface area contributed by atoms with E-state index in [1.807, 2.05) is 23.1 Å². The second-order valence-electron chi connectivity index (χ2n) is 9.17. The van der Waals surface area contributed by atoms with Gasteiger partial charge in [0.2, 0.25) is 5.91 Å². The van der Waals surface area contributed by atoms with Crippen molar-refractivity contribution in [2.24, 2.45) is 0 Å². The molecule has 3 fully saturated rings. The first-order valence-corrected chi connectivity index (χ1v) is 11.1. The maximum atomic E-state index is 13.7. The first kappa shape index (κ1) is 20.0. The number of ether oxygens (including phenoxy) is 1. The van der Waals surface area contributed by atoms with Gasteiger partial charge in [0.1, 0.15) is 5.82 Å². The lowest BCUT2D eigenvalue weighted by atomic mass is 9.77. The maximum Gasteiger partial charge on any atom is 0.410 e. The van der Waals surface area contributed by atoms with Crippen molar-refractivity contribution in [3.63, 3.8) is 0 Å². The fraction of sp³-hybridized carbons (Fsp3) is 0.440. The largest absolute Gasteiger partial charge is 0.439 e. The highest BCUT2D eigenvalue weighted by molar-refractivity contribution is 5.89. The van der Waals surface area contributed by atoms with E-state index in [1.54, 1.807) is 17.0 Å². The second kappa shape index (κ2) is 7.66. The molecular formula is C25H27FN2O3. The number of carbonyl (C=O) groups excluding carboxylic acids is 2. The Labute approximate surface area is 181 Å². The molecule has 2 aromatic rings. The highest BCUT2D eigenvalue weighted by atomic mass is 19.1. The van der Waals surface area contributed by atoms with Crippen LogP contribution in [0.3, 0.4) is 0 Å². The van der Waals surface area contributed by atoms with Crippen molar-refractivity contribution in [2.45, 2.75) is 49.7 Å². The van der Waals surface area contributed by atoms with Crippen molar-refractivity contribution in [3.05, 3.63) is 71.5 Å². The minimum atomic E-state index is -0.650. The first-order chi connectivity index (χ1) is 15.0. The summed E-state index contributed by atoms with van der Waals surface area (Å²) in [6.07, 6.45) is 4.14. The molecule has 2 amide bonds. The van der Waals surface area contributed by atoms with Gasteiger partial charge in [-0.05, 0) is 36.1 Å². The van der Waals surface area contributed by atoms with Crippen LogP contribution < -0.4 is 0 Å². The summed E-state index contributed by atoms with van der Waals surface area (Å²) in [5, 5.41) is 0. The molecular weight excluding hydrogens is 395 g/mol. The van der Waals surface area contributed by atoms with E-state index in [0.29, 0.717) is 32.6 Å². The van der Waals surface area contributed by atoms with Crippen molar-refractivity contribution in [1.82, 2.24) is 9.80 Å². The monoisotopic (exact) mass is 422 g/mol. The quantitative estimate of drug-likeness (QED) is 0.740. The van der Waals surface area contributed by atoms with E-state index in [2.05, 4.69) is 12.1 Å². The molecule has 1 aliphatic carbocycles. The van der Waals surface area contributed by atoms with Crippen LogP contribution in [0, 0.1) is 5.82 Å². The van der Waals surface area contributed by atoms with E-state index >= 15 is 0 Å². The number of nitrogens with zero attached hydrogens (tertiary/aromatic N) is 2. The Balaban J connectivity index is 1.31. The zero-order valence-electron chi connectivity index (χ0n) is 17.6. The van der Waals surface area contributed by atoms with Crippen LogP contribution >= 0.6 is 0 Å². The SMILES string of the molecule is O=C1O[C@@]2(CCN(C(=O)C3(c4ccccc4)CCCC3)C2)CN1Cc1ccc(F)cc1. The van der Waals surface area contributed by atoms with Crippen molar-refractivity contribution in [1.29, 1.82) is 0 Å². The zero-order chi connectivity index (χ0) is 21.5. The van der Waals surface area contributed by atoms with Crippen LogP contribution in [0.4, 0.5) is 9.18 Å². The molecule has 162 valence electrons. The van der Waals surface area contributed by atoms with Gasteiger partial charge in [0.15, 0.2) is 5.60 Å². The number of likely N-dealkylation sites (tertiary alicyclic amines) is 1. The van der Waals surface area contributed by atoms with Gasteiger partial charge in [0.05, 0.1) is 18.5 Å². The smallest absolute Gasteiger partial charge is 0.410 e. The van der Waals surface area contributed by atoms with Crippen molar-refractivity contribution >= 4 is 12.0 Å². The number of hydrogen-bond acceptors (Lipinski definition) is 3. The minimum Gasteiger partial charge on any atom is -0.439 e. The molecule has 5 nitrogen and oxygen atoms in total. The molecule has 31 heavy (non-hydrogen) atoms. The summed E-state index contributed by atoms with van der Waals surface area (Å²) in [6, 6.07) is 16.3. The summed E-state index contributed by atoms with van der Waals surface area (Å²) in [4.78, 5) is 29.8. The summed E-state index contributed by atoms with van der Waals surface area (Å²) in [5.74, 6) is -0.130. The third-order valence-corrected chi connectivity index (χ3v) is 7.12.